The quantitative estimate of drug-likeness (QED) is 0.476. The van der Waals surface area contributed by atoms with Crippen LogP contribution in [-0.4, -0.2) is 23.9 Å². The Bertz CT molecular complexity index is 714. The van der Waals surface area contributed by atoms with Crippen LogP contribution in [0.15, 0.2) is 0 Å². The highest BCUT2D eigenvalue weighted by molar-refractivity contribution is 5.21. The Morgan fingerprint density at radius 2 is 1.69 bits per heavy atom. The molecule has 1 aliphatic heterocycles. The first-order valence-corrected chi connectivity index (χ1v) is 14.3. The SMILES string of the molecule is CC(C)CCC[C@@H](C)[C@H]1CC[C@@]2(C)[C@@H]3CC[C@H]4C(C)(C)[C@@H](O)CC[C@]4(C)[C@H]3[C@@H]3C[C@]12CO3. The molecule has 0 amide bonds. The Balaban J connectivity index is 1.43. The van der Waals surface area contributed by atoms with Gasteiger partial charge in [0.2, 0.25) is 0 Å². The second-order valence-corrected chi connectivity index (χ2v) is 14.7. The van der Waals surface area contributed by atoms with Crippen LogP contribution in [0.1, 0.15) is 113 Å². The summed E-state index contributed by atoms with van der Waals surface area (Å²) in [6.45, 7) is 18.4. The highest BCUT2D eigenvalue weighted by Gasteiger charge is 2.73. The molecule has 10 atom stereocenters. The minimum atomic E-state index is -0.137. The van der Waals surface area contributed by atoms with Crippen molar-refractivity contribution >= 4 is 0 Å². The summed E-state index contributed by atoms with van der Waals surface area (Å²) in [5.74, 6) is 4.68. The molecule has 0 aromatic rings. The summed E-state index contributed by atoms with van der Waals surface area (Å²) in [5.41, 5.74) is 1.25. The number of hydrogen-bond acceptors (Lipinski definition) is 2. The average molecular weight is 445 g/mol. The molecule has 1 N–H and O–H groups in total. The first kappa shape index (κ1) is 23.7. The summed E-state index contributed by atoms with van der Waals surface area (Å²) in [5, 5.41) is 10.9. The van der Waals surface area contributed by atoms with Crippen molar-refractivity contribution in [1.82, 2.24) is 0 Å². The molecule has 5 rings (SSSR count). The molecule has 2 heteroatoms. The number of hydrogen-bond donors (Lipinski definition) is 1. The Morgan fingerprint density at radius 3 is 2.41 bits per heavy atom. The van der Waals surface area contributed by atoms with Gasteiger partial charge >= 0.3 is 0 Å². The van der Waals surface area contributed by atoms with Gasteiger partial charge in [0.25, 0.3) is 0 Å². The number of fused-ring (bicyclic) bond motifs is 6. The van der Waals surface area contributed by atoms with E-state index in [0.29, 0.717) is 34.2 Å². The van der Waals surface area contributed by atoms with E-state index in [1.54, 1.807) is 0 Å². The summed E-state index contributed by atoms with van der Waals surface area (Å²) >= 11 is 0. The smallest absolute Gasteiger partial charge is 0.0618 e. The van der Waals surface area contributed by atoms with Crippen molar-refractivity contribution in [3.05, 3.63) is 0 Å². The molecule has 32 heavy (non-hydrogen) atoms. The molecule has 1 spiro atoms. The van der Waals surface area contributed by atoms with E-state index in [4.69, 9.17) is 4.74 Å². The number of aliphatic hydroxyl groups is 1. The van der Waals surface area contributed by atoms with E-state index in [1.165, 1.54) is 57.8 Å². The van der Waals surface area contributed by atoms with Crippen molar-refractivity contribution in [3.8, 4) is 0 Å². The molecule has 1 heterocycles. The monoisotopic (exact) mass is 444 g/mol. The largest absolute Gasteiger partial charge is 0.393 e. The Kier molecular flexibility index (Phi) is 5.70. The Hall–Kier alpha value is -0.0800. The zero-order valence-electron chi connectivity index (χ0n) is 22.3. The fraction of sp³-hybridized carbons (Fsp3) is 1.00. The Morgan fingerprint density at radius 1 is 0.938 bits per heavy atom. The van der Waals surface area contributed by atoms with Crippen molar-refractivity contribution in [2.75, 3.05) is 6.61 Å². The van der Waals surface area contributed by atoms with Crippen LogP contribution in [0.5, 0.6) is 0 Å². The third kappa shape index (κ3) is 3.03. The third-order valence-corrected chi connectivity index (χ3v) is 12.8. The molecule has 2 bridgehead atoms. The third-order valence-electron chi connectivity index (χ3n) is 12.8. The normalized spacial score (nSPS) is 52.4. The highest BCUT2D eigenvalue weighted by Crippen LogP contribution is 2.77. The van der Waals surface area contributed by atoms with E-state index >= 15 is 0 Å². The maximum atomic E-state index is 10.9. The Labute approximate surface area is 198 Å². The summed E-state index contributed by atoms with van der Waals surface area (Å²) in [6, 6.07) is 0. The fourth-order valence-electron chi connectivity index (χ4n) is 11.0. The summed E-state index contributed by atoms with van der Waals surface area (Å²) in [7, 11) is 0. The summed E-state index contributed by atoms with van der Waals surface area (Å²) in [6.07, 6.45) is 13.6. The van der Waals surface area contributed by atoms with Crippen LogP contribution in [0, 0.1) is 57.2 Å². The zero-order chi connectivity index (χ0) is 23.1. The molecule has 4 aliphatic carbocycles. The van der Waals surface area contributed by atoms with E-state index in [9.17, 15) is 5.11 Å². The lowest BCUT2D eigenvalue weighted by Gasteiger charge is -2.66. The zero-order valence-corrected chi connectivity index (χ0v) is 22.3. The molecular formula is C30H52O2. The minimum Gasteiger partial charge on any atom is -0.393 e. The van der Waals surface area contributed by atoms with Crippen molar-refractivity contribution < 1.29 is 9.84 Å². The van der Waals surface area contributed by atoms with Crippen LogP contribution in [-0.2, 0) is 4.74 Å². The molecule has 0 radical (unpaired) electrons. The van der Waals surface area contributed by atoms with Crippen molar-refractivity contribution in [2.24, 2.45) is 57.2 Å². The second-order valence-electron chi connectivity index (χ2n) is 14.7. The first-order chi connectivity index (χ1) is 15.0. The van der Waals surface area contributed by atoms with E-state index in [-0.39, 0.29) is 11.5 Å². The second kappa shape index (κ2) is 7.71. The van der Waals surface area contributed by atoms with Crippen molar-refractivity contribution in [1.29, 1.82) is 0 Å². The molecule has 5 fully saturated rings. The number of ether oxygens (including phenoxy) is 1. The van der Waals surface area contributed by atoms with Crippen LogP contribution in [0.3, 0.4) is 0 Å². The maximum absolute atomic E-state index is 10.9. The van der Waals surface area contributed by atoms with Gasteiger partial charge in [0.1, 0.15) is 0 Å². The van der Waals surface area contributed by atoms with Crippen LogP contribution >= 0.6 is 0 Å². The van der Waals surface area contributed by atoms with Crippen molar-refractivity contribution in [2.45, 2.75) is 125 Å². The van der Waals surface area contributed by atoms with E-state index < -0.39 is 0 Å². The van der Waals surface area contributed by atoms with Gasteiger partial charge in [0.15, 0.2) is 0 Å². The van der Waals surface area contributed by atoms with Gasteiger partial charge in [-0.25, -0.2) is 0 Å². The van der Waals surface area contributed by atoms with Crippen LogP contribution < -0.4 is 0 Å². The molecular weight excluding hydrogens is 392 g/mol. The van der Waals surface area contributed by atoms with E-state index in [1.807, 2.05) is 0 Å². The van der Waals surface area contributed by atoms with Crippen LogP contribution in [0.25, 0.3) is 0 Å². The van der Waals surface area contributed by atoms with E-state index in [2.05, 4.69) is 48.5 Å². The van der Waals surface area contributed by atoms with E-state index in [0.717, 1.165) is 36.7 Å². The molecule has 0 aromatic carbocycles. The number of rotatable bonds is 5. The van der Waals surface area contributed by atoms with Gasteiger partial charge in [-0.15, -0.1) is 0 Å². The van der Waals surface area contributed by atoms with Crippen LogP contribution in [0.4, 0.5) is 0 Å². The van der Waals surface area contributed by atoms with Gasteiger partial charge in [-0.2, -0.15) is 0 Å². The predicted octanol–water partition coefficient (Wildman–Crippen LogP) is 7.48. The summed E-state index contributed by atoms with van der Waals surface area (Å²) < 4.78 is 6.89. The van der Waals surface area contributed by atoms with Gasteiger partial charge in [0, 0.05) is 5.41 Å². The molecule has 5 aliphatic rings. The maximum Gasteiger partial charge on any atom is 0.0618 e. The lowest BCUT2D eigenvalue weighted by molar-refractivity contribution is -0.205. The predicted molar refractivity (Wildman–Crippen MR) is 132 cm³/mol. The molecule has 1 saturated heterocycles. The fourth-order valence-corrected chi connectivity index (χ4v) is 11.0. The molecule has 4 saturated carbocycles. The molecule has 0 aromatic heterocycles. The summed E-state index contributed by atoms with van der Waals surface area (Å²) in [4.78, 5) is 0. The van der Waals surface area contributed by atoms with Gasteiger partial charge in [0.05, 0.1) is 18.8 Å². The minimum absolute atomic E-state index is 0.0369. The molecule has 2 nitrogen and oxygen atoms in total. The van der Waals surface area contributed by atoms with Crippen LogP contribution in [0.2, 0.25) is 0 Å². The van der Waals surface area contributed by atoms with Gasteiger partial charge < -0.3 is 9.84 Å². The number of aliphatic hydroxyl groups excluding tert-OH is 1. The lowest BCUT2D eigenvalue weighted by Crippen LogP contribution is -2.63. The lowest BCUT2D eigenvalue weighted by atomic mass is 9.38. The average Bonchev–Trinajstić information content (AvgIpc) is 3.26. The van der Waals surface area contributed by atoms with Crippen molar-refractivity contribution in [3.63, 3.8) is 0 Å². The van der Waals surface area contributed by atoms with Gasteiger partial charge in [-0.1, -0.05) is 67.7 Å². The molecule has 184 valence electrons. The molecule has 0 unspecified atom stereocenters. The van der Waals surface area contributed by atoms with Gasteiger partial charge in [-0.05, 0) is 96.7 Å². The standard InChI is InChI=1S/C30H52O2/c1-19(2)9-8-10-20(3)21-13-16-29(7)22-11-12-24-27(4,5)25(31)14-15-28(24,6)26(22)23-17-30(21,29)18-32-23/h19-26,31H,8-18H2,1-7H3/t20-,21-,22-,23+,24+,25+,26-,28+,29+,30+/m1/s1. The van der Waals surface area contributed by atoms with Gasteiger partial charge in [-0.3, -0.25) is 0 Å². The topological polar surface area (TPSA) is 29.5 Å². The first-order valence-electron chi connectivity index (χ1n) is 14.3. The highest BCUT2D eigenvalue weighted by atomic mass is 16.5.